The second kappa shape index (κ2) is 4.89. The maximum Gasteiger partial charge on any atom is 0.266 e. The minimum atomic E-state index is 0.536. The lowest BCUT2D eigenvalue weighted by molar-refractivity contribution is 0.309. The lowest BCUT2D eigenvalue weighted by Crippen LogP contribution is -2.44. The summed E-state index contributed by atoms with van der Waals surface area (Å²) < 4.78 is 5.31. The van der Waals surface area contributed by atoms with Gasteiger partial charge >= 0.3 is 0 Å². The normalized spacial score (nSPS) is 16.8. The molecule has 2 aromatic rings. The Morgan fingerprint density at radius 1 is 1.11 bits per heavy atom. The molecule has 0 aliphatic carbocycles. The molecule has 2 heterocycles. The highest BCUT2D eigenvalue weighted by molar-refractivity contribution is 5.58. The molecule has 0 amide bonds. The van der Waals surface area contributed by atoms with E-state index in [1.165, 1.54) is 0 Å². The molecule has 1 aromatic heterocycles. The predicted molar refractivity (Wildman–Crippen MR) is 73.9 cm³/mol. The number of nitrogens with zero attached hydrogens (tertiary/aromatic N) is 4. The largest absolute Gasteiger partial charge is 0.399 e. The van der Waals surface area contributed by atoms with E-state index in [4.69, 9.17) is 10.3 Å². The van der Waals surface area contributed by atoms with E-state index in [1.807, 2.05) is 24.3 Å². The van der Waals surface area contributed by atoms with Gasteiger partial charge in [0, 0.05) is 37.4 Å². The van der Waals surface area contributed by atoms with Gasteiger partial charge in [-0.3, -0.25) is 0 Å². The maximum atomic E-state index is 5.66. The van der Waals surface area contributed by atoms with Crippen molar-refractivity contribution in [2.45, 2.75) is 0 Å². The molecule has 1 fully saturated rings. The smallest absolute Gasteiger partial charge is 0.266 e. The van der Waals surface area contributed by atoms with Crippen molar-refractivity contribution in [1.29, 1.82) is 0 Å². The summed E-state index contributed by atoms with van der Waals surface area (Å²) in [6, 6.07) is 7.43. The van der Waals surface area contributed by atoms with Gasteiger partial charge in [-0.05, 0) is 36.5 Å². The molecule has 1 aromatic carbocycles. The second-order valence-electron chi connectivity index (χ2n) is 4.81. The summed E-state index contributed by atoms with van der Waals surface area (Å²) in [6.45, 7) is 3.89. The predicted octanol–water partition coefficient (Wildman–Crippen LogP) is 1.07. The Labute approximate surface area is 111 Å². The maximum absolute atomic E-state index is 5.66. The Kier molecular flexibility index (Phi) is 3.08. The van der Waals surface area contributed by atoms with E-state index in [0.29, 0.717) is 11.8 Å². The lowest BCUT2D eigenvalue weighted by atomic mass is 10.2. The molecule has 0 atom stereocenters. The number of nitrogens with two attached hydrogens (primary N) is 1. The Bertz CT molecular complexity index is 542. The first-order valence-electron chi connectivity index (χ1n) is 6.35. The van der Waals surface area contributed by atoms with E-state index in [0.717, 1.165) is 37.4 Å². The van der Waals surface area contributed by atoms with Crippen LogP contribution in [-0.2, 0) is 0 Å². The fraction of sp³-hybridized carbons (Fsp3) is 0.385. The standard InChI is InChI=1S/C13H17N5O/c1-17-6-8-18(9-7-17)13-15-12(19-16-13)10-2-4-11(14)5-3-10/h2-5H,6-9,14H2,1H3. The number of rotatable bonds is 2. The first kappa shape index (κ1) is 12.0. The highest BCUT2D eigenvalue weighted by Gasteiger charge is 2.19. The molecule has 0 bridgehead atoms. The average molecular weight is 259 g/mol. The molecule has 2 N–H and O–H groups in total. The zero-order valence-corrected chi connectivity index (χ0v) is 10.9. The van der Waals surface area contributed by atoms with Gasteiger partial charge in [-0.25, -0.2) is 0 Å². The van der Waals surface area contributed by atoms with Crippen LogP contribution in [0.5, 0.6) is 0 Å². The van der Waals surface area contributed by atoms with Crippen molar-refractivity contribution in [3.05, 3.63) is 24.3 Å². The number of hydrogen-bond acceptors (Lipinski definition) is 6. The van der Waals surface area contributed by atoms with Crippen LogP contribution in [0, 0.1) is 0 Å². The molecule has 3 rings (SSSR count). The molecule has 0 radical (unpaired) electrons. The van der Waals surface area contributed by atoms with Gasteiger partial charge < -0.3 is 20.1 Å². The zero-order valence-electron chi connectivity index (χ0n) is 10.9. The van der Waals surface area contributed by atoms with Crippen LogP contribution in [0.3, 0.4) is 0 Å². The van der Waals surface area contributed by atoms with Crippen molar-refractivity contribution >= 4 is 11.6 Å². The van der Waals surface area contributed by atoms with Crippen molar-refractivity contribution in [3.8, 4) is 11.5 Å². The van der Waals surface area contributed by atoms with E-state index < -0.39 is 0 Å². The number of nitrogen functional groups attached to an aromatic ring is 1. The molecule has 6 nitrogen and oxygen atoms in total. The van der Waals surface area contributed by atoms with Crippen LogP contribution in [0.4, 0.5) is 11.6 Å². The Morgan fingerprint density at radius 2 is 1.79 bits per heavy atom. The minimum Gasteiger partial charge on any atom is -0.399 e. The zero-order chi connectivity index (χ0) is 13.2. The van der Waals surface area contributed by atoms with Crippen LogP contribution in [0.25, 0.3) is 11.5 Å². The van der Waals surface area contributed by atoms with Gasteiger partial charge in [0.2, 0.25) is 0 Å². The summed E-state index contributed by atoms with van der Waals surface area (Å²) in [6.07, 6.45) is 0. The number of hydrogen-bond donors (Lipinski definition) is 1. The fourth-order valence-corrected chi connectivity index (χ4v) is 2.09. The van der Waals surface area contributed by atoms with E-state index in [2.05, 4.69) is 27.0 Å². The van der Waals surface area contributed by atoms with Gasteiger partial charge in [0.15, 0.2) is 0 Å². The molecule has 0 saturated carbocycles. The van der Waals surface area contributed by atoms with Crippen molar-refractivity contribution in [2.75, 3.05) is 43.9 Å². The quantitative estimate of drug-likeness (QED) is 0.813. The first-order valence-corrected chi connectivity index (χ1v) is 6.35. The van der Waals surface area contributed by atoms with Gasteiger partial charge in [0.1, 0.15) is 0 Å². The second-order valence-corrected chi connectivity index (χ2v) is 4.81. The molecule has 100 valence electrons. The average Bonchev–Trinajstić information content (AvgIpc) is 2.90. The Morgan fingerprint density at radius 3 is 2.47 bits per heavy atom. The summed E-state index contributed by atoms with van der Waals surface area (Å²) in [5, 5.41) is 4.05. The molecule has 1 aliphatic rings. The topological polar surface area (TPSA) is 71.4 Å². The highest BCUT2D eigenvalue weighted by atomic mass is 16.5. The van der Waals surface area contributed by atoms with E-state index >= 15 is 0 Å². The fourth-order valence-electron chi connectivity index (χ4n) is 2.09. The van der Waals surface area contributed by atoms with Crippen LogP contribution in [0.1, 0.15) is 0 Å². The molecule has 1 aliphatic heterocycles. The number of piperazine rings is 1. The van der Waals surface area contributed by atoms with Crippen LogP contribution in [0.2, 0.25) is 0 Å². The summed E-state index contributed by atoms with van der Waals surface area (Å²) in [5.41, 5.74) is 7.28. The van der Waals surface area contributed by atoms with E-state index in [9.17, 15) is 0 Å². The van der Waals surface area contributed by atoms with Crippen LogP contribution in [0.15, 0.2) is 28.8 Å². The van der Waals surface area contributed by atoms with Crippen molar-refractivity contribution in [2.24, 2.45) is 0 Å². The number of benzene rings is 1. The number of anilines is 2. The number of aromatic nitrogens is 2. The number of likely N-dealkylation sites (N-methyl/N-ethyl adjacent to an activating group) is 1. The molecule has 6 heteroatoms. The minimum absolute atomic E-state index is 0.536. The van der Waals surface area contributed by atoms with Crippen molar-refractivity contribution in [1.82, 2.24) is 15.0 Å². The molecular weight excluding hydrogens is 242 g/mol. The Balaban J connectivity index is 1.77. The Hall–Kier alpha value is -2.08. The first-order chi connectivity index (χ1) is 9.22. The SMILES string of the molecule is CN1CCN(c2noc(-c3ccc(N)cc3)n2)CC1. The van der Waals surface area contributed by atoms with E-state index in [-0.39, 0.29) is 0 Å². The van der Waals surface area contributed by atoms with E-state index in [1.54, 1.807) is 0 Å². The lowest BCUT2D eigenvalue weighted by Gasteiger charge is -2.31. The van der Waals surface area contributed by atoms with Crippen LogP contribution < -0.4 is 10.6 Å². The van der Waals surface area contributed by atoms with Gasteiger partial charge in [0.25, 0.3) is 11.8 Å². The molecule has 1 saturated heterocycles. The summed E-state index contributed by atoms with van der Waals surface area (Å²) in [4.78, 5) is 8.88. The summed E-state index contributed by atoms with van der Waals surface area (Å²) in [7, 11) is 2.12. The van der Waals surface area contributed by atoms with Crippen molar-refractivity contribution < 1.29 is 4.52 Å². The third-order valence-corrected chi connectivity index (χ3v) is 3.36. The molecule has 0 unspecified atom stereocenters. The third kappa shape index (κ3) is 2.53. The molecule has 19 heavy (non-hydrogen) atoms. The van der Waals surface area contributed by atoms with Crippen LogP contribution >= 0.6 is 0 Å². The molecular formula is C13H17N5O. The third-order valence-electron chi connectivity index (χ3n) is 3.36. The van der Waals surface area contributed by atoms with Crippen LogP contribution in [-0.4, -0.2) is 48.3 Å². The highest BCUT2D eigenvalue weighted by Crippen LogP contribution is 2.21. The molecule has 0 spiro atoms. The summed E-state index contributed by atoms with van der Waals surface area (Å²) >= 11 is 0. The monoisotopic (exact) mass is 259 g/mol. The summed E-state index contributed by atoms with van der Waals surface area (Å²) in [5.74, 6) is 1.20. The van der Waals surface area contributed by atoms with Gasteiger partial charge in [-0.1, -0.05) is 0 Å². The van der Waals surface area contributed by atoms with Gasteiger partial charge in [0.05, 0.1) is 0 Å². The van der Waals surface area contributed by atoms with Gasteiger partial charge in [-0.15, -0.1) is 0 Å². The van der Waals surface area contributed by atoms with Crippen molar-refractivity contribution in [3.63, 3.8) is 0 Å². The van der Waals surface area contributed by atoms with Gasteiger partial charge in [-0.2, -0.15) is 4.98 Å².